The molecule has 25 heavy (non-hydrogen) atoms. The Morgan fingerprint density at radius 3 is 2.44 bits per heavy atom. The van der Waals surface area contributed by atoms with E-state index in [1.54, 1.807) is 30.3 Å². The van der Waals surface area contributed by atoms with Crippen LogP contribution in [-0.2, 0) is 0 Å². The third-order valence-electron chi connectivity index (χ3n) is 3.31. The van der Waals surface area contributed by atoms with Crippen molar-refractivity contribution < 1.29 is 19.7 Å². The molecule has 0 aliphatic carbocycles. The normalized spacial score (nSPS) is 11.8. The van der Waals surface area contributed by atoms with E-state index < -0.39 is 6.23 Å². The fourth-order valence-electron chi connectivity index (χ4n) is 2.06. The van der Waals surface area contributed by atoms with Crippen molar-refractivity contribution in [2.24, 2.45) is 0 Å². The molecule has 1 atom stereocenters. The number of nitrogens with two attached hydrogens (primary N) is 2. The van der Waals surface area contributed by atoms with Crippen molar-refractivity contribution in [3.63, 3.8) is 0 Å². The summed E-state index contributed by atoms with van der Waals surface area (Å²) in [5, 5.41) is 24.2. The Balaban J connectivity index is 1.80. The zero-order valence-electron chi connectivity index (χ0n) is 13.8. The first-order valence-electron chi connectivity index (χ1n) is 7.86. The van der Waals surface area contributed by atoms with Crippen molar-refractivity contribution >= 4 is 17.1 Å². The molecule has 0 aliphatic heterocycles. The fraction of sp³-hybridized carbons (Fsp3) is 0.294. The number of nitrogen functional groups attached to an aromatic ring is 2. The molecule has 0 heterocycles. The van der Waals surface area contributed by atoms with Crippen LogP contribution in [0.15, 0.2) is 42.5 Å². The number of anilines is 3. The Labute approximate surface area is 146 Å². The van der Waals surface area contributed by atoms with E-state index in [0.717, 1.165) is 5.69 Å². The highest BCUT2D eigenvalue weighted by atomic mass is 16.5. The molecule has 8 heteroatoms. The zero-order chi connectivity index (χ0) is 18.1. The highest BCUT2D eigenvalue weighted by Gasteiger charge is 2.11. The quantitative estimate of drug-likeness (QED) is 0.271. The number of hydrogen-bond acceptors (Lipinski definition) is 8. The molecule has 0 saturated carbocycles. The lowest BCUT2D eigenvalue weighted by Gasteiger charge is -2.20. The molecule has 0 aromatic heterocycles. The Morgan fingerprint density at radius 2 is 1.80 bits per heavy atom. The minimum absolute atomic E-state index is 0.0727. The molecule has 2 aromatic carbocycles. The van der Waals surface area contributed by atoms with Gasteiger partial charge in [-0.1, -0.05) is 0 Å². The van der Waals surface area contributed by atoms with E-state index in [2.05, 4.69) is 10.6 Å². The summed E-state index contributed by atoms with van der Waals surface area (Å²) in [4.78, 5) is 0. The molecule has 8 nitrogen and oxygen atoms in total. The summed E-state index contributed by atoms with van der Waals surface area (Å²) in [5.74, 6) is 1.09. The number of benzene rings is 2. The maximum atomic E-state index is 9.41. The van der Waals surface area contributed by atoms with Gasteiger partial charge in [-0.15, -0.1) is 0 Å². The number of hydrogen-bond donors (Lipinski definition) is 6. The lowest BCUT2D eigenvalue weighted by molar-refractivity contribution is 0.0689. The van der Waals surface area contributed by atoms with Crippen molar-refractivity contribution in [1.82, 2.24) is 5.32 Å². The minimum Gasteiger partial charge on any atom is -0.478 e. The van der Waals surface area contributed by atoms with Gasteiger partial charge in [-0.25, -0.2) is 5.32 Å². The van der Waals surface area contributed by atoms with Crippen molar-refractivity contribution in [2.75, 3.05) is 43.3 Å². The molecule has 2 aromatic rings. The van der Waals surface area contributed by atoms with Crippen LogP contribution in [0.25, 0.3) is 0 Å². The second-order valence-corrected chi connectivity index (χ2v) is 5.25. The predicted molar refractivity (Wildman–Crippen MR) is 97.4 cm³/mol. The van der Waals surface area contributed by atoms with Gasteiger partial charge >= 0.3 is 0 Å². The van der Waals surface area contributed by atoms with Crippen molar-refractivity contribution in [2.45, 2.75) is 6.23 Å². The number of nitrogens with one attached hydrogen (secondary N) is 2. The van der Waals surface area contributed by atoms with E-state index >= 15 is 0 Å². The molecule has 2 rings (SSSR count). The first-order valence-corrected chi connectivity index (χ1v) is 7.86. The van der Waals surface area contributed by atoms with Crippen LogP contribution in [0.3, 0.4) is 0 Å². The summed E-state index contributed by atoms with van der Waals surface area (Å²) in [5.41, 5.74) is 13.3. The molecule has 8 N–H and O–H groups in total. The molecule has 0 spiro atoms. The van der Waals surface area contributed by atoms with Gasteiger partial charge in [0.05, 0.1) is 18.9 Å². The zero-order valence-corrected chi connectivity index (χ0v) is 13.8. The van der Waals surface area contributed by atoms with E-state index in [9.17, 15) is 5.11 Å². The van der Waals surface area contributed by atoms with Gasteiger partial charge in [-0.3, -0.25) is 0 Å². The van der Waals surface area contributed by atoms with Crippen LogP contribution in [0.1, 0.15) is 0 Å². The van der Waals surface area contributed by atoms with Crippen LogP contribution in [0, 0.1) is 0 Å². The van der Waals surface area contributed by atoms with Gasteiger partial charge in [0.25, 0.3) is 0 Å². The van der Waals surface area contributed by atoms with Crippen LogP contribution in [0.5, 0.6) is 11.5 Å². The van der Waals surface area contributed by atoms with E-state index in [1.165, 1.54) is 0 Å². The molecular weight excluding hydrogens is 324 g/mol. The maximum absolute atomic E-state index is 9.41. The third kappa shape index (κ3) is 6.03. The monoisotopic (exact) mass is 348 g/mol. The Morgan fingerprint density at radius 1 is 1.04 bits per heavy atom. The number of rotatable bonds is 10. The second-order valence-electron chi connectivity index (χ2n) is 5.25. The first kappa shape index (κ1) is 18.7. The third-order valence-corrected chi connectivity index (χ3v) is 3.31. The van der Waals surface area contributed by atoms with Crippen molar-refractivity contribution in [3.8, 4) is 11.5 Å². The summed E-state index contributed by atoms with van der Waals surface area (Å²) in [6.45, 7) is 0.454. The molecule has 0 radical (unpaired) electrons. The molecule has 0 fully saturated rings. The predicted octanol–water partition coefficient (Wildman–Crippen LogP) is 0.578. The van der Waals surface area contributed by atoms with Gasteiger partial charge in [-0.2, -0.15) is 0 Å². The average molecular weight is 348 g/mol. The van der Waals surface area contributed by atoms with Gasteiger partial charge in [0.1, 0.15) is 18.2 Å². The molecule has 1 unspecified atom stereocenters. The van der Waals surface area contributed by atoms with Crippen molar-refractivity contribution in [1.29, 1.82) is 0 Å². The summed E-state index contributed by atoms with van der Waals surface area (Å²) < 4.78 is 11.1. The summed E-state index contributed by atoms with van der Waals surface area (Å²) >= 11 is 0. The van der Waals surface area contributed by atoms with E-state index in [4.69, 9.17) is 26.0 Å². The van der Waals surface area contributed by atoms with E-state index in [-0.39, 0.29) is 19.9 Å². The summed E-state index contributed by atoms with van der Waals surface area (Å²) in [6, 6.07) is 12.2. The molecule has 0 aliphatic rings. The number of aliphatic hydroxyl groups is 2. The average Bonchev–Trinajstić information content (AvgIpc) is 2.62. The van der Waals surface area contributed by atoms with Crippen molar-refractivity contribution in [3.05, 3.63) is 42.5 Å². The van der Waals surface area contributed by atoms with Crippen LogP contribution in [0.4, 0.5) is 17.1 Å². The van der Waals surface area contributed by atoms with Gasteiger partial charge in [0, 0.05) is 17.9 Å². The Bertz CT molecular complexity index is 652. The van der Waals surface area contributed by atoms with E-state index in [1.807, 2.05) is 12.1 Å². The van der Waals surface area contributed by atoms with Crippen LogP contribution >= 0.6 is 0 Å². The Hall–Kier alpha value is -2.68. The van der Waals surface area contributed by atoms with Gasteiger partial charge < -0.3 is 36.5 Å². The lowest BCUT2D eigenvalue weighted by atomic mass is 10.2. The Kier molecular flexibility index (Phi) is 7.15. The van der Waals surface area contributed by atoms with E-state index in [0.29, 0.717) is 29.4 Å². The highest BCUT2D eigenvalue weighted by Crippen LogP contribution is 2.24. The standard InChI is InChI=1S/C17H24N4O4/c18-12-1-6-16(15(19)9-12)25-17(10-23)21-11-24-14-4-2-13(3-5-14)20-7-8-22/h1-6,9,17,20-23H,7-8,10-11,18-19H2. The van der Waals surface area contributed by atoms with Crippen LogP contribution < -0.4 is 31.6 Å². The van der Waals surface area contributed by atoms with Gasteiger partial charge in [-0.05, 0) is 42.5 Å². The second kappa shape index (κ2) is 9.58. The molecule has 0 bridgehead atoms. The highest BCUT2D eigenvalue weighted by molar-refractivity contribution is 5.60. The van der Waals surface area contributed by atoms with Crippen LogP contribution in [-0.4, -0.2) is 42.9 Å². The molecule has 136 valence electrons. The molecule has 0 saturated heterocycles. The molecule has 0 amide bonds. The maximum Gasteiger partial charge on any atom is 0.176 e. The van der Waals surface area contributed by atoms with Gasteiger partial charge in [0.15, 0.2) is 6.23 Å². The smallest absolute Gasteiger partial charge is 0.176 e. The van der Waals surface area contributed by atoms with Crippen LogP contribution in [0.2, 0.25) is 0 Å². The summed E-state index contributed by atoms with van der Waals surface area (Å²) in [7, 11) is 0. The minimum atomic E-state index is -0.670. The topological polar surface area (TPSA) is 135 Å². The molecular formula is C17H24N4O4. The largest absolute Gasteiger partial charge is 0.478 e. The van der Waals surface area contributed by atoms with Gasteiger partial charge in [0.2, 0.25) is 0 Å². The fourth-order valence-corrected chi connectivity index (χ4v) is 2.06. The lowest BCUT2D eigenvalue weighted by Crippen LogP contribution is -2.40. The SMILES string of the molecule is Nc1ccc(OC(CO)NCOc2ccc(NCCO)cc2)c(N)c1. The number of ether oxygens (including phenoxy) is 2. The first-order chi connectivity index (χ1) is 12.1. The number of aliphatic hydroxyl groups excluding tert-OH is 2. The summed E-state index contributed by atoms with van der Waals surface area (Å²) in [6.07, 6.45) is -0.670.